The molecule has 0 aliphatic carbocycles. The van der Waals surface area contributed by atoms with Gasteiger partial charge >= 0.3 is 5.97 Å². The second-order valence-electron chi connectivity index (χ2n) is 9.45. The number of rotatable bonds is 5. The highest BCUT2D eigenvalue weighted by molar-refractivity contribution is 7.17. The van der Waals surface area contributed by atoms with Gasteiger partial charge in [0, 0.05) is 21.5 Å². The van der Waals surface area contributed by atoms with Crippen molar-refractivity contribution in [2.45, 2.75) is 20.8 Å². The van der Waals surface area contributed by atoms with Crippen LogP contribution < -0.4 is 5.32 Å². The fourth-order valence-electron chi connectivity index (χ4n) is 3.78. The summed E-state index contributed by atoms with van der Waals surface area (Å²) in [5.41, 5.74) is 3.28. The van der Waals surface area contributed by atoms with E-state index in [1.807, 2.05) is 85.0 Å². The molecule has 0 saturated heterocycles. The number of ether oxygens (including phenoxy) is 1. The molecule has 0 spiro atoms. The van der Waals surface area contributed by atoms with E-state index in [2.05, 4.69) is 43.4 Å². The maximum Gasteiger partial charge on any atom is 0.368 e. The molecular formula is C30H26N2O3S. The molecule has 0 bridgehead atoms. The number of hydrogen-bond donors (Lipinski definition) is 1. The Labute approximate surface area is 214 Å². The smallest absolute Gasteiger partial charge is 0.368 e. The highest BCUT2D eigenvalue weighted by Crippen LogP contribution is 2.36. The topological polar surface area (TPSA) is 59.9 Å². The maximum absolute atomic E-state index is 12.7. The largest absolute Gasteiger partial charge is 0.461 e. The molecule has 180 valence electrons. The molecule has 2 aliphatic heterocycles. The minimum absolute atomic E-state index is 0.262. The third-order valence-electron chi connectivity index (χ3n) is 5.63. The van der Waals surface area contributed by atoms with Gasteiger partial charge in [-0.05, 0) is 54.1 Å². The summed E-state index contributed by atoms with van der Waals surface area (Å²) < 4.78 is 6.24. The van der Waals surface area contributed by atoms with Crippen LogP contribution in [0.15, 0.2) is 119 Å². The molecule has 3 heterocycles. The fourth-order valence-corrected chi connectivity index (χ4v) is 4.61. The van der Waals surface area contributed by atoms with Gasteiger partial charge in [-0.1, -0.05) is 74.5 Å². The van der Waals surface area contributed by atoms with Gasteiger partial charge in [0.25, 0.3) is 0 Å². The van der Waals surface area contributed by atoms with Crippen molar-refractivity contribution in [3.8, 4) is 0 Å². The summed E-state index contributed by atoms with van der Waals surface area (Å²) in [6, 6.07) is 23.8. The minimum atomic E-state index is -0.468. The summed E-state index contributed by atoms with van der Waals surface area (Å²) in [5, 5.41) is 8.54. The molecule has 0 radical (unpaired) electrons. The summed E-state index contributed by atoms with van der Waals surface area (Å²) in [4.78, 5) is 18.9. The average molecular weight is 495 g/mol. The van der Waals surface area contributed by atoms with Crippen molar-refractivity contribution in [2.75, 3.05) is 5.32 Å². The van der Waals surface area contributed by atoms with Crippen molar-refractivity contribution in [1.29, 1.82) is 0 Å². The fraction of sp³-hybridized carbons (Fsp3) is 0.133. The van der Waals surface area contributed by atoms with Crippen molar-refractivity contribution in [1.82, 2.24) is 0 Å². The van der Waals surface area contributed by atoms with Crippen molar-refractivity contribution >= 4 is 39.8 Å². The minimum Gasteiger partial charge on any atom is -0.461 e. The lowest BCUT2D eigenvalue weighted by molar-refractivity contribution is -0.136. The van der Waals surface area contributed by atoms with Crippen LogP contribution in [0.2, 0.25) is 0 Å². The van der Waals surface area contributed by atoms with E-state index in [0.717, 1.165) is 26.9 Å². The van der Waals surface area contributed by atoms with Crippen LogP contribution in [-0.4, -0.2) is 11.7 Å². The summed E-state index contributed by atoms with van der Waals surface area (Å²) in [5.74, 6) is 0.935. The Kier molecular flexibility index (Phi) is 6.44. The number of benzene rings is 2. The molecule has 3 aromatic rings. The molecule has 1 aromatic heterocycles. The SMILES string of the molecule is CC(C)(C)C1=C/C(=C2/C(=O)ON=C2c2ccccc2)C=C(C=Cc2ccc(Nc3ccccc3)s2)O1. The van der Waals surface area contributed by atoms with E-state index < -0.39 is 5.97 Å². The van der Waals surface area contributed by atoms with Crippen molar-refractivity contribution in [3.63, 3.8) is 0 Å². The Morgan fingerprint density at radius 3 is 2.33 bits per heavy atom. The molecule has 5 rings (SSSR count). The molecule has 36 heavy (non-hydrogen) atoms. The van der Waals surface area contributed by atoms with Gasteiger partial charge in [-0.2, -0.15) is 0 Å². The Morgan fingerprint density at radius 1 is 0.889 bits per heavy atom. The average Bonchev–Trinajstić information content (AvgIpc) is 3.49. The van der Waals surface area contributed by atoms with E-state index in [1.54, 1.807) is 11.3 Å². The monoisotopic (exact) mass is 494 g/mol. The van der Waals surface area contributed by atoms with Gasteiger partial charge in [-0.25, -0.2) is 4.79 Å². The van der Waals surface area contributed by atoms with E-state index in [1.165, 1.54) is 0 Å². The predicted molar refractivity (Wildman–Crippen MR) is 146 cm³/mol. The highest BCUT2D eigenvalue weighted by atomic mass is 32.1. The number of allylic oxidation sites excluding steroid dienone is 5. The number of nitrogens with zero attached hydrogens (tertiary/aromatic N) is 1. The standard InChI is InChI=1S/C30H26N2O3S/c1-30(2,3)25-19-21(27-28(32-35-29(27)33)20-10-6-4-7-11-20)18-23(34-25)14-15-24-16-17-26(36-24)31-22-12-8-5-9-13-22/h4-19,31H,1-3H3/b15-14?,27-21+. The van der Waals surface area contributed by atoms with Gasteiger partial charge in [-0.15, -0.1) is 11.3 Å². The van der Waals surface area contributed by atoms with Gasteiger partial charge in [0.2, 0.25) is 0 Å². The zero-order valence-electron chi connectivity index (χ0n) is 20.3. The number of carbonyl (C=O) groups is 1. The predicted octanol–water partition coefficient (Wildman–Crippen LogP) is 7.61. The molecule has 2 aliphatic rings. The summed E-state index contributed by atoms with van der Waals surface area (Å²) in [6.45, 7) is 6.23. The first-order chi connectivity index (χ1) is 17.4. The van der Waals surface area contributed by atoms with Crippen LogP contribution in [0.25, 0.3) is 6.08 Å². The lowest BCUT2D eigenvalue weighted by Gasteiger charge is -2.27. The Morgan fingerprint density at radius 2 is 1.61 bits per heavy atom. The molecule has 0 saturated carbocycles. The van der Waals surface area contributed by atoms with Crippen LogP contribution in [0.1, 0.15) is 31.2 Å². The van der Waals surface area contributed by atoms with Gasteiger partial charge in [0.1, 0.15) is 17.2 Å². The Bertz CT molecular complexity index is 1440. The van der Waals surface area contributed by atoms with Crippen LogP contribution in [0.5, 0.6) is 0 Å². The van der Waals surface area contributed by atoms with Crippen LogP contribution in [0.3, 0.4) is 0 Å². The van der Waals surface area contributed by atoms with E-state index in [-0.39, 0.29) is 5.41 Å². The maximum atomic E-state index is 12.7. The van der Waals surface area contributed by atoms with E-state index >= 15 is 0 Å². The quantitative estimate of drug-likeness (QED) is 0.293. The van der Waals surface area contributed by atoms with Gasteiger partial charge in [0.05, 0.1) is 10.6 Å². The normalized spacial score (nSPS) is 17.9. The lowest BCUT2D eigenvalue weighted by Crippen LogP contribution is -2.17. The number of carbonyl (C=O) groups excluding carboxylic acids is 1. The summed E-state index contributed by atoms with van der Waals surface area (Å²) in [7, 11) is 0. The molecule has 0 amide bonds. The molecule has 5 nitrogen and oxygen atoms in total. The van der Waals surface area contributed by atoms with Gasteiger partial charge in [0.15, 0.2) is 0 Å². The lowest BCUT2D eigenvalue weighted by atomic mass is 9.89. The Hall–Kier alpha value is -4.16. The third kappa shape index (κ3) is 5.24. The van der Waals surface area contributed by atoms with E-state index in [0.29, 0.717) is 22.6 Å². The zero-order chi connectivity index (χ0) is 25.1. The summed E-state index contributed by atoms with van der Waals surface area (Å²) >= 11 is 1.65. The molecular weight excluding hydrogens is 468 g/mol. The first kappa shape index (κ1) is 23.6. The van der Waals surface area contributed by atoms with Crippen molar-refractivity contribution < 1.29 is 14.4 Å². The number of nitrogens with one attached hydrogen (secondary N) is 1. The molecule has 6 heteroatoms. The third-order valence-corrected chi connectivity index (χ3v) is 6.59. The van der Waals surface area contributed by atoms with E-state index in [9.17, 15) is 4.79 Å². The molecule has 0 unspecified atom stereocenters. The van der Waals surface area contributed by atoms with Gasteiger partial charge < -0.3 is 14.9 Å². The Balaban J connectivity index is 1.46. The summed E-state index contributed by atoms with van der Waals surface area (Å²) in [6.07, 6.45) is 7.71. The van der Waals surface area contributed by atoms with Crippen molar-refractivity contribution in [2.24, 2.45) is 10.6 Å². The van der Waals surface area contributed by atoms with Gasteiger partial charge in [-0.3, -0.25) is 0 Å². The van der Waals surface area contributed by atoms with Crippen LogP contribution in [0, 0.1) is 5.41 Å². The first-order valence-corrected chi connectivity index (χ1v) is 12.5. The molecule has 2 aromatic carbocycles. The number of para-hydroxylation sites is 1. The van der Waals surface area contributed by atoms with Crippen molar-refractivity contribution in [3.05, 3.63) is 124 Å². The van der Waals surface area contributed by atoms with Crippen LogP contribution in [0.4, 0.5) is 10.7 Å². The molecule has 0 atom stereocenters. The second-order valence-corrected chi connectivity index (χ2v) is 10.6. The number of thiophene rings is 1. The number of anilines is 2. The van der Waals surface area contributed by atoms with Crippen LogP contribution in [-0.2, 0) is 14.4 Å². The number of oxime groups is 1. The molecule has 1 N–H and O–H groups in total. The zero-order valence-corrected chi connectivity index (χ0v) is 21.1. The molecule has 0 fully saturated rings. The second kappa shape index (κ2) is 9.84. The van der Waals surface area contributed by atoms with Crippen LogP contribution >= 0.6 is 11.3 Å². The highest BCUT2D eigenvalue weighted by Gasteiger charge is 2.32. The van der Waals surface area contributed by atoms with E-state index in [4.69, 9.17) is 9.57 Å². The number of hydrogen-bond acceptors (Lipinski definition) is 6. The first-order valence-electron chi connectivity index (χ1n) is 11.7.